The number of hydrogen-bond acceptors (Lipinski definition) is 4. The summed E-state index contributed by atoms with van der Waals surface area (Å²) in [4.78, 5) is 22.2. The maximum atomic E-state index is 11.3. The summed E-state index contributed by atoms with van der Waals surface area (Å²) in [5.74, 6) is -0.133. The number of rotatable bonds is 9. The fourth-order valence-electron chi connectivity index (χ4n) is 1.71. The molecule has 0 aliphatic rings. The largest absolute Gasteiger partial charge is 0.469 e. The lowest BCUT2D eigenvalue weighted by molar-refractivity contribution is -0.140. The van der Waals surface area contributed by atoms with Crippen LogP contribution in [-0.2, 0) is 14.3 Å². The molecule has 0 unspecified atom stereocenters. The molecule has 5 nitrogen and oxygen atoms in total. The first kappa shape index (κ1) is 18.7. The number of hydrogen-bond donors (Lipinski definition) is 1. The van der Waals surface area contributed by atoms with E-state index in [9.17, 15) is 9.59 Å². The number of ether oxygens (including phenoxy) is 2. The third-order valence-corrected chi connectivity index (χ3v) is 2.70. The van der Waals surface area contributed by atoms with Gasteiger partial charge in [-0.05, 0) is 33.6 Å². The van der Waals surface area contributed by atoms with Crippen molar-refractivity contribution in [2.45, 2.75) is 71.3 Å². The van der Waals surface area contributed by atoms with Crippen molar-refractivity contribution in [2.24, 2.45) is 0 Å². The van der Waals surface area contributed by atoms with Crippen LogP contribution in [0.1, 0.15) is 65.7 Å². The highest BCUT2D eigenvalue weighted by molar-refractivity contribution is 5.69. The number of amides is 1. The first-order valence-electron chi connectivity index (χ1n) is 7.39. The van der Waals surface area contributed by atoms with Crippen molar-refractivity contribution in [1.29, 1.82) is 0 Å². The Kier molecular flexibility index (Phi) is 9.86. The van der Waals surface area contributed by atoms with E-state index in [0.717, 1.165) is 38.5 Å². The van der Waals surface area contributed by atoms with Crippen LogP contribution in [0.15, 0.2) is 0 Å². The number of nitrogens with one attached hydrogen (secondary N) is 1. The second kappa shape index (κ2) is 10.5. The molecule has 1 amide bonds. The van der Waals surface area contributed by atoms with Crippen LogP contribution < -0.4 is 5.32 Å². The van der Waals surface area contributed by atoms with Gasteiger partial charge in [-0.3, -0.25) is 4.79 Å². The minimum atomic E-state index is -0.441. The standard InChI is InChI=1S/C15H29NO4/c1-15(2,3)20-14(18)16-12-10-8-6-5-7-9-11-13(17)19-4/h5-12H2,1-4H3,(H,16,18). The first-order chi connectivity index (χ1) is 9.35. The van der Waals surface area contributed by atoms with Crippen LogP contribution in [0.3, 0.4) is 0 Å². The highest BCUT2D eigenvalue weighted by atomic mass is 16.6. The van der Waals surface area contributed by atoms with Crippen molar-refractivity contribution < 1.29 is 19.1 Å². The van der Waals surface area contributed by atoms with Crippen LogP contribution in [0.5, 0.6) is 0 Å². The van der Waals surface area contributed by atoms with Crippen molar-refractivity contribution in [2.75, 3.05) is 13.7 Å². The molecule has 0 rings (SSSR count). The maximum Gasteiger partial charge on any atom is 0.407 e. The monoisotopic (exact) mass is 287 g/mol. The fraction of sp³-hybridized carbons (Fsp3) is 0.867. The van der Waals surface area contributed by atoms with Gasteiger partial charge < -0.3 is 14.8 Å². The van der Waals surface area contributed by atoms with E-state index in [1.54, 1.807) is 0 Å². The summed E-state index contributed by atoms with van der Waals surface area (Å²) in [6, 6.07) is 0. The van der Waals surface area contributed by atoms with Gasteiger partial charge >= 0.3 is 12.1 Å². The Balaban J connectivity index is 3.29. The van der Waals surface area contributed by atoms with Crippen molar-refractivity contribution >= 4 is 12.1 Å². The lowest BCUT2D eigenvalue weighted by Gasteiger charge is -2.19. The highest BCUT2D eigenvalue weighted by Crippen LogP contribution is 2.08. The summed E-state index contributed by atoms with van der Waals surface area (Å²) in [5.41, 5.74) is -0.441. The van der Waals surface area contributed by atoms with Gasteiger partial charge in [-0.1, -0.05) is 25.7 Å². The second-order valence-corrected chi connectivity index (χ2v) is 5.88. The summed E-state index contributed by atoms with van der Waals surface area (Å²) < 4.78 is 9.71. The Bertz CT molecular complexity index is 284. The van der Waals surface area contributed by atoms with Crippen LogP contribution in [0.2, 0.25) is 0 Å². The van der Waals surface area contributed by atoms with Crippen LogP contribution >= 0.6 is 0 Å². The third kappa shape index (κ3) is 13.2. The number of methoxy groups -OCH3 is 1. The van der Waals surface area contributed by atoms with E-state index < -0.39 is 5.60 Å². The van der Waals surface area contributed by atoms with Gasteiger partial charge in [0.05, 0.1) is 7.11 Å². The lowest BCUT2D eigenvalue weighted by Crippen LogP contribution is -2.32. The highest BCUT2D eigenvalue weighted by Gasteiger charge is 2.15. The van der Waals surface area contributed by atoms with E-state index in [0.29, 0.717) is 13.0 Å². The van der Waals surface area contributed by atoms with Crippen molar-refractivity contribution in [1.82, 2.24) is 5.32 Å². The zero-order valence-corrected chi connectivity index (χ0v) is 13.3. The molecule has 0 aromatic rings. The molecule has 0 saturated carbocycles. The zero-order valence-electron chi connectivity index (χ0n) is 13.3. The third-order valence-electron chi connectivity index (χ3n) is 2.70. The smallest absolute Gasteiger partial charge is 0.407 e. The molecular weight excluding hydrogens is 258 g/mol. The molecule has 0 heterocycles. The normalized spacial score (nSPS) is 11.0. The SMILES string of the molecule is COC(=O)CCCCCCCCNC(=O)OC(C)(C)C. The number of carbonyl (C=O) groups is 2. The van der Waals surface area contributed by atoms with E-state index in [-0.39, 0.29) is 12.1 Å². The molecule has 0 aliphatic carbocycles. The predicted molar refractivity (Wildman–Crippen MR) is 78.6 cm³/mol. The number of carbonyl (C=O) groups excluding carboxylic acids is 2. The average molecular weight is 287 g/mol. The zero-order chi connectivity index (χ0) is 15.4. The molecule has 0 fully saturated rings. The van der Waals surface area contributed by atoms with Gasteiger partial charge in [-0.15, -0.1) is 0 Å². The van der Waals surface area contributed by atoms with E-state index in [1.165, 1.54) is 7.11 Å². The molecule has 20 heavy (non-hydrogen) atoms. The number of unbranched alkanes of at least 4 members (excludes halogenated alkanes) is 5. The van der Waals surface area contributed by atoms with E-state index in [1.807, 2.05) is 20.8 Å². The minimum Gasteiger partial charge on any atom is -0.469 e. The van der Waals surface area contributed by atoms with Gasteiger partial charge in [0, 0.05) is 13.0 Å². The first-order valence-corrected chi connectivity index (χ1v) is 7.39. The Morgan fingerprint density at radius 3 is 2.05 bits per heavy atom. The van der Waals surface area contributed by atoms with Gasteiger partial charge in [0.1, 0.15) is 5.60 Å². The maximum absolute atomic E-state index is 11.3. The summed E-state index contributed by atoms with van der Waals surface area (Å²) in [6.07, 6.45) is 6.37. The molecule has 0 saturated heterocycles. The van der Waals surface area contributed by atoms with Crippen LogP contribution in [0.25, 0.3) is 0 Å². The van der Waals surface area contributed by atoms with Crippen LogP contribution in [0.4, 0.5) is 4.79 Å². The van der Waals surface area contributed by atoms with Crippen molar-refractivity contribution in [3.63, 3.8) is 0 Å². The molecule has 0 atom stereocenters. The van der Waals surface area contributed by atoms with Gasteiger partial charge in [-0.25, -0.2) is 4.79 Å². The number of esters is 1. The Labute approximate surface area is 122 Å². The van der Waals surface area contributed by atoms with Gasteiger partial charge in [0.25, 0.3) is 0 Å². The number of alkyl carbamates (subject to hydrolysis) is 1. The molecule has 0 aromatic carbocycles. The Hall–Kier alpha value is -1.26. The van der Waals surface area contributed by atoms with Gasteiger partial charge in [0.2, 0.25) is 0 Å². The van der Waals surface area contributed by atoms with Crippen molar-refractivity contribution in [3.8, 4) is 0 Å². The Morgan fingerprint density at radius 2 is 1.50 bits per heavy atom. The molecule has 0 aliphatic heterocycles. The molecule has 0 spiro atoms. The van der Waals surface area contributed by atoms with E-state index in [4.69, 9.17) is 4.74 Å². The minimum absolute atomic E-state index is 0.133. The quantitative estimate of drug-likeness (QED) is 0.521. The fourth-order valence-corrected chi connectivity index (χ4v) is 1.71. The second-order valence-electron chi connectivity index (χ2n) is 5.88. The predicted octanol–water partition coefficient (Wildman–Crippen LogP) is 3.41. The molecule has 1 N–H and O–H groups in total. The van der Waals surface area contributed by atoms with Gasteiger partial charge in [-0.2, -0.15) is 0 Å². The molecule has 0 radical (unpaired) electrons. The molecule has 0 aromatic heterocycles. The summed E-state index contributed by atoms with van der Waals surface area (Å²) in [6.45, 7) is 6.19. The van der Waals surface area contributed by atoms with Crippen molar-refractivity contribution in [3.05, 3.63) is 0 Å². The molecule has 5 heteroatoms. The van der Waals surface area contributed by atoms with Gasteiger partial charge in [0.15, 0.2) is 0 Å². The topological polar surface area (TPSA) is 64.6 Å². The molecule has 118 valence electrons. The Morgan fingerprint density at radius 1 is 0.950 bits per heavy atom. The summed E-state index contributed by atoms with van der Waals surface area (Å²) in [7, 11) is 1.42. The molecular formula is C15H29NO4. The summed E-state index contributed by atoms with van der Waals surface area (Å²) >= 11 is 0. The average Bonchev–Trinajstić information content (AvgIpc) is 2.34. The van der Waals surface area contributed by atoms with E-state index in [2.05, 4.69) is 10.1 Å². The van der Waals surface area contributed by atoms with E-state index >= 15 is 0 Å². The molecule has 0 bridgehead atoms. The lowest BCUT2D eigenvalue weighted by atomic mass is 10.1. The summed E-state index contributed by atoms with van der Waals surface area (Å²) in [5, 5.41) is 2.74. The van der Waals surface area contributed by atoms with Crippen LogP contribution in [0, 0.1) is 0 Å². The van der Waals surface area contributed by atoms with Crippen LogP contribution in [-0.4, -0.2) is 31.3 Å².